The summed E-state index contributed by atoms with van der Waals surface area (Å²) >= 11 is 0. The van der Waals surface area contributed by atoms with Gasteiger partial charge < -0.3 is 5.11 Å². The van der Waals surface area contributed by atoms with E-state index in [0.29, 0.717) is 0 Å². The summed E-state index contributed by atoms with van der Waals surface area (Å²) in [6, 6.07) is 8.00. The van der Waals surface area contributed by atoms with Crippen molar-refractivity contribution in [1.82, 2.24) is 4.90 Å². The zero-order valence-corrected chi connectivity index (χ0v) is 10.2. The smallest absolute Gasteiger partial charge is 0.320 e. The number of hydrogen-bond acceptors (Lipinski definition) is 2. The predicted octanol–water partition coefficient (Wildman–Crippen LogP) is 2.30. The molecule has 0 amide bonds. The normalized spacial score (nSPS) is 17.5. The van der Waals surface area contributed by atoms with Gasteiger partial charge in [-0.15, -0.1) is 0 Å². The van der Waals surface area contributed by atoms with Crippen molar-refractivity contribution in [2.75, 3.05) is 6.54 Å². The van der Waals surface area contributed by atoms with Crippen molar-refractivity contribution in [3.05, 3.63) is 35.4 Å². The molecule has 1 aliphatic heterocycles. The molecule has 0 fully saturated rings. The fourth-order valence-corrected chi connectivity index (χ4v) is 2.52. The first-order valence-electron chi connectivity index (χ1n) is 6.26. The minimum Gasteiger partial charge on any atom is -0.480 e. The summed E-state index contributed by atoms with van der Waals surface area (Å²) in [5, 5.41) is 9.26. The third kappa shape index (κ3) is 2.67. The maximum atomic E-state index is 11.3. The van der Waals surface area contributed by atoms with Gasteiger partial charge in [-0.2, -0.15) is 0 Å². The molecule has 0 saturated carbocycles. The number of carboxylic acid groups (broad SMARTS) is 1. The number of hydrogen-bond donors (Lipinski definition) is 1. The predicted molar refractivity (Wildman–Crippen MR) is 66.9 cm³/mol. The summed E-state index contributed by atoms with van der Waals surface area (Å²) in [6.07, 6.45) is 2.61. The van der Waals surface area contributed by atoms with Crippen molar-refractivity contribution in [3.8, 4) is 0 Å². The van der Waals surface area contributed by atoms with E-state index < -0.39 is 5.97 Å². The Morgan fingerprint density at radius 1 is 1.41 bits per heavy atom. The second-order valence-electron chi connectivity index (χ2n) is 4.63. The highest BCUT2D eigenvalue weighted by Crippen LogP contribution is 2.21. The summed E-state index contributed by atoms with van der Waals surface area (Å²) in [5.74, 6) is -0.689. The van der Waals surface area contributed by atoms with Gasteiger partial charge in [0.15, 0.2) is 0 Å². The number of carbonyl (C=O) groups is 1. The average molecular weight is 233 g/mol. The van der Waals surface area contributed by atoms with Crippen LogP contribution in [0.4, 0.5) is 0 Å². The summed E-state index contributed by atoms with van der Waals surface area (Å²) in [5.41, 5.74) is 2.64. The Bertz CT molecular complexity index is 403. The van der Waals surface area contributed by atoms with Crippen LogP contribution in [0.1, 0.15) is 30.9 Å². The van der Waals surface area contributed by atoms with E-state index in [1.165, 1.54) is 11.1 Å². The van der Waals surface area contributed by atoms with E-state index in [0.717, 1.165) is 32.4 Å². The Balaban J connectivity index is 2.13. The molecule has 0 saturated heterocycles. The summed E-state index contributed by atoms with van der Waals surface area (Å²) < 4.78 is 0. The molecule has 0 aliphatic carbocycles. The van der Waals surface area contributed by atoms with Crippen molar-refractivity contribution in [1.29, 1.82) is 0 Å². The molecular weight excluding hydrogens is 214 g/mol. The van der Waals surface area contributed by atoms with Crippen molar-refractivity contribution in [3.63, 3.8) is 0 Å². The molecule has 1 atom stereocenters. The Morgan fingerprint density at radius 3 is 2.76 bits per heavy atom. The van der Waals surface area contributed by atoms with Crippen LogP contribution in [0, 0.1) is 0 Å². The highest BCUT2D eigenvalue weighted by Gasteiger charge is 2.27. The van der Waals surface area contributed by atoms with Gasteiger partial charge in [0.2, 0.25) is 0 Å². The van der Waals surface area contributed by atoms with Crippen molar-refractivity contribution < 1.29 is 9.90 Å². The number of fused-ring (bicyclic) bond motifs is 1. The first-order chi connectivity index (χ1) is 8.22. The molecule has 1 N–H and O–H groups in total. The lowest BCUT2D eigenvalue weighted by Crippen LogP contribution is -2.43. The monoisotopic (exact) mass is 233 g/mol. The topological polar surface area (TPSA) is 40.5 Å². The molecule has 0 aromatic heterocycles. The van der Waals surface area contributed by atoms with Crippen LogP contribution in [0.5, 0.6) is 0 Å². The first-order valence-corrected chi connectivity index (χ1v) is 6.26. The standard InChI is InChI=1S/C14H19NO2/c1-2-5-13(14(16)17)15-9-8-11-6-3-4-7-12(11)10-15/h3-4,6-7,13H,2,5,8-10H2,1H3,(H,16,17). The van der Waals surface area contributed by atoms with Gasteiger partial charge in [0.25, 0.3) is 0 Å². The summed E-state index contributed by atoms with van der Waals surface area (Å²) in [6.45, 7) is 3.66. The summed E-state index contributed by atoms with van der Waals surface area (Å²) in [7, 11) is 0. The second kappa shape index (κ2) is 5.32. The zero-order valence-electron chi connectivity index (χ0n) is 10.2. The third-order valence-electron chi connectivity index (χ3n) is 3.45. The minimum atomic E-state index is -0.689. The van der Waals surface area contributed by atoms with E-state index in [9.17, 15) is 9.90 Å². The van der Waals surface area contributed by atoms with Crippen LogP contribution in [0.3, 0.4) is 0 Å². The molecule has 0 bridgehead atoms. The fourth-order valence-electron chi connectivity index (χ4n) is 2.52. The molecule has 1 aromatic rings. The lowest BCUT2D eigenvalue weighted by atomic mass is 9.97. The fraction of sp³-hybridized carbons (Fsp3) is 0.500. The van der Waals surface area contributed by atoms with Crippen LogP contribution in [0.15, 0.2) is 24.3 Å². The van der Waals surface area contributed by atoms with Crippen LogP contribution in [0.2, 0.25) is 0 Å². The van der Waals surface area contributed by atoms with E-state index in [1.54, 1.807) is 0 Å². The number of nitrogens with zero attached hydrogens (tertiary/aromatic N) is 1. The number of rotatable bonds is 4. The Labute approximate surface area is 102 Å². The van der Waals surface area contributed by atoms with Crippen molar-refractivity contribution >= 4 is 5.97 Å². The minimum absolute atomic E-state index is 0.326. The van der Waals surface area contributed by atoms with E-state index >= 15 is 0 Å². The number of carboxylic acids is 1. The largest absolute Gasteiger partial charge is 0.480 e. The van der Waals surface area contributed by atoms with Crippen LogP contribution >= 0.6 is 0 Å². The van der Waals surface area contributed by atoms with Gasteiger partial charge >= 0.3 is 5.97 Å². The van der Waals surface area contributed by atoms with Gasteiger partial charge in [-0.1, -0.05) is 37.6 Å². The molecule has 17 heavy (non-hydrogen) atoms. The second-order valence-corrected chi connectivity index (χ2v) is 4.63. The molecule has 0 radical (unpaired) electrons. The van der Waals surface area contributed by atoms with Gasteiger partial charge in [-0.3, -0.25) is 9.69 Å². The first kappa shape index (κ1) is 12.1. The zero-order chi connectivity index (χ0) is 12.3. The van der Waals surface area contributed by atoms with Crippen molar-refractivity contribution in [2.24, 2.45) is 0 Å². The molecule has 1 aromatic carbocycles. The summed E-state index contributed by atoms with van der Waals surface area (Å²) in [4.78, 5) is 13.4. The molecule has 3 nitrogen and oxygen atoms in total. The SMILES string of the molecule is CCCC(C(=O)O)N1CCc2ccccc2C1. The van der Waals surface area contributed by atoms with Gasteiger partial charge in [-0.25, -0.2) is 0 Å². The van der Waals surface area contributed by atoms with Gasteiger partial charge in [0, 0.05) is 13.1 Å². The molecule has 1 aliphatic rings. The molecule has 0 spiro atoms. The number of benzene rings is 1. The Hall–Kier alpha value is -1.35. The van der Waals surface area contributed by atoms with Crippen LogP contribution in [-0.2, 0) is 17.8 Å². The van der Waals surface area contributed by atoms with Gasteiger partial charge in [0.05, 0.1) is 0 Å². The van der Waals surface area contributed by atoms with E-state index in [-0.39, 0.29) is 6.04 Å². The van der Waals surface area contributed by atoms with Crippen LogP contribution < -0.4 is 0 Å². The molecular formula is C14H19NO2. The highest BCUT2D eigenvalue weighted by molar-refractivity contribution is 5.73. The highest BCUT2D eigenvalue weighted by atomic mass is 16.4. The van der Waals surface area contributed by atoms with Crippen molar-refractivity contribution in [2.45, 2.75) is 38.8 Å². The van der Waals surface area contributed by atoms with E-state index in [1.807, 2.05) is 13.0 Å². The molecule has 2 rings (SSSR count). The van der Waals surface area contributed by atoms with E-state index in [4.69, 9.17) is 0 Å². The van der Waals surface area contributed by atoms with E-state index in [2.05, 4.69) is 23.1 Å². The van der Waals surface area contributed by atoms with Crippen LogP contribution in [0.25, 0.3) is 0 Å². The van der Waals surface area contributed by atoms with Gasteiger partial charge in [0.1, 0.15) is 6.04 Å². The van der Waals surface area contributed by atoms with Crippen LogP contribution in [-0.4, -0.2) is 28.6 Å². The lowest BCUT2D eigenvalue weighted by molar-refractivity contribution is -0.144. The molecule has 1 unspecified atom stereocenters. The Morgan fingerprint density at radius 2 is 2.12 bits per heavy atom. The molecule has 3 heteroatoms. The number of aliphatic carboxylic acids is 1. The van der Waals surface area contributed by atoms with Gasteiger partial charge in [-0.05, 0) is 24.0 Å². The maximum Gasteiger partial charge on any atom is 0.320 e. The average Bonchev–Trinajstić information content (AvgIpc) is 2.35. The lowest BCUT2D eigenvalue weighted by Gasteiger charge is -2.33. The maximum absolute atomic E-state index is 11.3. The molecule has 1 heterocycles. The third-order valence-corrected chi connectivity index (χ3v) is 3.45. The Kier molecular flexibility index (Phi) is 3.79. The molecule has 92 valence electrons. The quantitative estimate of drug-likeness (QED) is 0.867.